The minimum absolute atomic E-state index is 0.0462. The third-order valence-corrected chi connectivity index (χ3v) is 6.57. The summed E-state index contributed by atoms with van der Waals surface area (Å²) in [6.45, 7) is 1.78. The lowest BCUT2D eigenvalue weighted by molar-refractivity contribution is -0.385. The van der Waals surface area contributed by atoms with Crippen molar-refractivity contribution >= 4 is 51.5 Å². The molecule has 0 aliphatic heterocycles. The molecule has 1 amide bonds. The fourth-order valence-corrected chi connectivity index (χ4v) is 4.46. The van der Waals surface area contributed by atoms with Crippen LogP contribution in [0.3, 0.4) is 0 Å². The van der Waals surface area contributed by atoms with Crippen molar-refractivity contribution in [3.63, 3.8) is 0 Å². The van der Waals surface area contributed by atoms with Gasteiger partial charge in [0, 0.05) is 11.1 Å². The van der Waals surface area contributed by atoms with Crippen molar-refractivity contribution < 1.29 is 9.72 Å². The summed E-state index contributed by atoms with van der Waals surface area (Å²) in [5, 5.41) is 15.2. The molecule has 0 saturated carbocycles. The number of hydrogen-bond donors (Lipinski definition) is 1. The average Bonchev–Trinajstić information content (AvgIpc) is 2.82. The number of rotatable bonds is 7. The van der Waals surface area contributed by atoms with Gasteiger partial charge in [0.25, 0.3) is 11.2 Å². The first kappa shape index (κ1) is 23.5. The lowest BCUT2D eigenvalue weighted by Gasteiger charge is -2.14. The third-order valence-electron chi connectivity index (χ3n) is 5.22. The molecule has 1 aromatic heterocycles. The van der Waals surface area contributed by atoms with E-state index in [1.807, 2.05) is 18.2 Å². The highest BCUT2D eigenvalue weighted by Crippen LogP contribution is 2.26. The number of nitro benzene ring substituents is 1. The van der Waals surface area contributed by atoms with Gasteiger partial charge in [-0.25, -0.2) is 4.98 Å². The van der Waals surface area contributed by atoms with Crippen LogP contribution < -0.4 is 10.9 Å². The van der Waals surface area contributed by atoms with Crippen LogP contribution in [-0.4, -0.2) is 26.1 Å². The molecule has 0 spiro atoms. The van der Waals surface area contributed by atoms with Gasteiger partial charge < -0.3 is 5.32 Å². The number of anilines is 1. The van der Waals surface area contributed by atoms with Crippen molar-refractivity contribution in [1.29, 1.82) is 0 Å². The van der Waals surface area contributed by atoms with E-state index in [2.05, 4.69) is 10.3 Å². The Bertz CT molecular complexity index is 1470. The van der Waals surface area contributed by atoms with Crippen molar-refractivity contribution in [2.24, 2.45) is 0 Å². The molecule has 0 saturated heterocycles. The molecule has 0 aliphatic carbocycles. The minimum atomic E-state index is -0.494. The van der Waals surface area contributed by atoms with E-state index in [9.17, 15) is 19.7 Å². The predicted octanol–water partition coefficient (Wildman–Crippen LogP) is 5.05. The van der Waals surface area contributed by atoms with Crippen LogP contribution in [0.4, 0.5) is 11.4 Å². The molecule has 0 fully saturated rings. The summed E-state index contributed by atoms with van der Waals surface area (Å²) in [6.07, 6.45) is 0. The number of carbonyl (C=O) groups is 1. The zero-order chi connectivity index (χ0) is 24.2. The first-order chi connectivity index (χ1) is 16.3. The molecule has 3 aromatic carbocycles. The Morgan fingerprint density at radius 1 is 1.12 bits per heavy atom. The Balaban J connectivity index is 1.62. The highest BCUT2D eigenvalue weighted by atomic mass is 35.5. The van der Waals surface area contributed by atoms with Gasteiger partial charge in [0.05, 0.1) is 39.4 Å². The molecule has 0 atom stereocenters. The van der Waals surface area contributed by atoms with E-state index in [0.717, 1.165) is 17.3 Å². The average molecular weight is 495 g/mol. The summed E-state index contributed by atoms with van der Waals surface area (Å²) in [7, 11) is 0. The number of thioether (sulfide) groups is 1. The van der Waals surface area contributed by atoms with Crippen LogP contribution in [-0.2, 0) is 11.3 Å². The number of nitro groups is 1. The molecule has 0 radical (unpaired) electrons. The van der Waals surface area contributed by atoms with Crippen LogP contribution in [0.2, 0.25) is 5.02 Å². The standard InChI is InChI=1S/C24H19ClN4O4S/c1-15-19(11-6-12-21(15)29(32)33)26-22(30)14-34-24-27-20-10-5-3-8-17(20)23(31)28(24)13-16-7-2-4-9-18(16)25/h2-12H,13-14H2,1H3,(H,26,30). The number of nitrogens with one attached hydrogen (secondary N) is 1. The van der Waals surface area contributed by atoms with E-state index >= 15 is 0 Å². The maximum Gasteiger partial charge on any atom is 0.274 e. The predicted molar refractivity (Wildman–Crippen MR) is 134 cm³/mol. The Labute approximate surface area is 203 Å². The number of para-hydroxylation sites is 1. The number of benzene rings is 3. The van der Waals surface area contributed by atoms with Gasteiger partial charge in [0.1, 0.15) is 0 Å². The van der Waals surface area contributed by atoms with Gasteiger partial charge in [-0.3, -0.25) is 24.3 Å². The number of halogens is 1. The fourth-order valence-electron chi connectivity index (χ4n) is 3.47. The van der Waals surface area contributed by atoms with Crippen LogP contribution in [0.5, 0.6) is 0 Å². The molecule has 10 heteroatoms. The van der Waals surface area contributed by atoms with Crippen LogP contribution in [0.15, 0.2) is 76.7 Å². The summed E-state index contributed by atoms with van der Waals surface area (Å²) in [5.74, 6) is -0.421. The highest BCUT2D eigenvalue weighted by Gasteiger charge is 2.17. The molecule has 0 unspecified atom stereocenters. The smallest absolute Gasteiger partial charge is 0.274 e. The summed E-state index contributed by atoms with van der Waals surface area (Å²) < 4.78 is 1.50. The lowest BCUT2D eigenvalue weighted by Crippen LogP contribution is -2.25. The van der Waals surface area contributed by atoms with Crippen molar-refractivity contribution in [3.05, 3.63) is 103 Å². The quantitative estimate of drug-likeness (QED) is 0.167. The van der Waals surface area contributed by atoms with Crippen molar-refractivity contribution in [3.8, 4) is 0 Å². The Morgan fingerprint density at radius 3 is 2.62 bits per heavy atom. The summed E-state index contributed by atoms with van der Waals surface area (Å²) in [6, 6.07) is 18.7. The molecule has 1 N–H and O–H groups in total. The summed E-state index contributed by atoms with van der Waals surface area (Å²) >= 11 is 7.42. The molecule has 4 aromatic rings. The van der Waals surface area contributed by atoms with Crippen molar-refractivity contribution in [2.75, 3.05) is 11.1 Å². The van der Waals surface area contributed by atoms with Gasteiger partial charge in [0.2, 0.25) is 5.91 Å². The molecular formula is C24H19ClN4O4S. The van der Waals surface area contributed by atoms with Crippen molar-refractivity contribution in [1.82, 2.24) is 9.55 Å². The monoisotopic (exact) mass is 494 g/mol. The van der Waals surface area contributed by atoms with E-state index < -0.39 is 4.92 Å². The number of aromatic nitrogens is 2. The minimum Gasteiger partial charge on any atom is -0.325 e. The summed E-state index contributed by atoms with van der Waals surface area (Å²) in [4.78, 5) is 41.2. The largest absolute Gasteiger partial charge is 0.325 e. The molecule has 4 rings (SSSR count). The molecule has 34 heavy (non-hydrogen) atoms. The van der Waals surface area contributed by atoms with Gasteiger partial charge in [-0.2, -0.15) is 0 Å². The Hall–Kier alpha value is -3.69. The van der Waals surface area contributed by atoms with E-state index in [4.69, 9.17) is 11.6 Å². The Kier molecular flexibility index (Phi) is 6.95. The van der Waals surface area contributed by atoms with Crippen LogP contribution in [0.1, 0.15) is 11.1 Å². The SMILES string of the molecule is Cc1c(NC(=O)CSc2nc3ccccc3c(=O)n2Cc2ccccc2Cl)cccc1[N+](=O)[O-]. The molecule has 1 heterocycles. The molecule has 8 nitrogen and oxygen atoms in total. The molecule has 0 aliphatic rings. The first-order valence-corrected chi connectivity index (χ1v) is 11.6. The second-order valence-corrected chi connectivity index (χ2v) is 8.79. The van der Waals surface area contributed by atoms with Gasteiger partial charge in [-0.05, 0) is 36.8 Å². The molecule has 172 valence electrons. The third kappa shape index (κ3) is 4.95. The van der Waals surface area contributed by atoms with Crippen LogP contribution in [0.25, 0.3) is 10.9 Å². The summed E-state index contributed by atoms with van der Waals surface area (Å²) in [5.41, 5.74) is 1.70. The zero-order valence-electron chi connectivity index (χ0n) is 18.0. The normalized spacial score (nSPS) is 10.9. The molecule has 0 bridgehead atoms. The number of carbonyl (C=O) groups excluding carboxylic acids is 1. The van der Waals surface area contributed by atoms with E-state index in [0.29, 0.717) is 32.3 Å². The number of nitrogens with zero attached hydrogens (tertiary/aromatic N) is 3. The van der Waals surface area contributed by atoms with Gasteiger partial charge in [-0.15, -0.1) is 0 Å². The second-order valence-electron chi connectivity index (χ2n) is 7.44. The maximum absolute atomic E-state index is 13.2. The van der Waals surface area contributed by atoms with Crippen molar-refractivity contribution in [2.45, 2.75) is 18.6 Å². The van der Waals surface area contributed by atoms with Gasteiger partial charge in [0.15, 0.2) is 5.16 Å². The highest BCUT2D eigenvalue weighted by molar-refractivity contribution is 7.99. The van der Waals surface area contributed by atoms with E-state index in [1.165, 1.54) is 16.7 Å². The molecular weight excluding hydrogens is 476 g/mol. The maximum atomic E-state index is 13.2. The Morgan fingerprint density at radius 2 is 1.85 bits per heavy atom. The second kappa shape index (κ2) is 10.1. The van der Waals surface area contributed by atoms with Gasteiger partial charge >= 0.3 is 0 Å². The van der Waals surface area contributed by atoms with E-state index in [1.54, 1.807) is 43.3 Å². The number of fused-ring (bicyclic) bond motifs is 1. The van der Waals surface area contributed by atoms with Crippen LogP contribution in [0, 0.1) is 17.0 Å². The zero-order valence-corrected chi connectivity index (χ0v) is 19.6. The topological polar surface area (TPSA) is 107 Å². The first-order valence-electron chi connectivity index (χ1n) is 10.2. The lowest BCUT2D eigenvalue weighted by atomic mass is 10.1. The van der Waals surface area contributed by atoms with Gasteiger partial charge in [-0.1, -0.05) is 59.8 Å². The fraction of sp³-hybridized carbons (Fsp3) is 0.125. The number of amides is 1. The van der Waals surface area contributed by atoms with Crippen LogP contribution >= 0.6 is 23.4 Å². The van der Waals surface area contributed by atoms with E-state index in [-0.39, 0.29) is 29.5 Å². The number of hydrogen-bond acceptors (Lipinski definition) is 6.